The first-order valence-electron chi connectivity index (χ1n) is 3.99. The van der Waals surface area contributed by atoms with E-state index in [1.165, 1.54) is 25.3 Å². The van der Waals surface area contributed by atoms with Gasteiger partial charge >= 0.3 is 5.97 Å². The molecule has 0 spiro atoms. The van der Waals surface area contributed by atoms with Crippen LogP contribution in [0.15, 0.2) is 18.2 Å². The number of carbonyl (C=O) groups is 1. The van der Waals surface area contributed by atoms with Crippen LogP contribution >= 0.6 is 0 Å². The zero-order valence-corrected chi connectivity index (χ0v) is 7.71. The van der Waals surface area contributed by atoms with Crippen molar-refractivity contribution in [1.29, 1.82) is 0 Å². The Bertz CT molecular complexity index is 391. The molecule has 0 bridgehead atoms. The Kier molecular flexibility index (Phi) is 3.24. The maximum absolute atomic E-state index is 12.7. The lowest BCUT2D eigenvalue weighted by molar-refractivity contribution is -0.139. The van der Waals surface area contributed by atoms with Crippen LogP contribution in [-0.2, 0) is 16.0 Å². The van der Waals surface area contributed by atoms with Gasteiger partial charge in [-0.25, -0.2) is 4.39 Å². The van der Waals surface area contributed by atoms with Crippen molar-refractivity contribution in [3.63, 3.8) is 0 Å². The van der Waals surface area contributed by atoms with Gasteiger partial charge in [0, 0.05) is 5.56 Å². The van der Waals surface area contributed by atoms with E-state index in [2.05, 4.69) is 10.7 Å². The van der Waals surface area contributed by atoms with Crippen LogP contribution in [0.3, 0.4) is 0 Å². The van der Waals surface area contributed by atoms with Crippen molar-refractivity contribution < 1.29 is 13.9 Å². The van der Waals surface area contributed by atoms with E-state index in [1.54, 1.807) is 0 Å². The largest absolute Gasteiger partial charge is 0.469 e. The molecule has 14 heavy (non-hydrogen) atoms. The molecule has 0 fully saturated rings. The number of ether oxygens (including phenoxy) is 1. The first-order chi connectivity index (χ1) is 6.67. The molecular formula is C11H9FO2. The van der Waals surface area contributed by atoms with E-state index in [0.717, 1.165) is 0 Å². The van der Waals surface area contributed by atoms with Crippen molar-refractivity contribution in [2.24, 2.45) is 0 Å². The Hall–Kier alpha value is -1.82. The molecule has 0 radical (unpaired) electrons. The molecule has 3 heteroatoms. The van der Waals surface area contributed by atoms with Crippen molar-refractivity contribution in [3.05, 3.63) is 35.1 Å². The molecule has 0 saturated heterocycles. The lowest BCUT2D eigenvalue weighted by Crippen LogP contribution is -2.06. The van der Waals surface area contributed by atoms with E-state index in [9.17, 15) is 9.18 Å². The van der Waals surface area contributed by atoms with E-state index < -0.39 is 11.8 Å². The molecule has 0 aliphatic carbocycles. The van der Waals surface area contributed by atoms with Gasteiger partial charge in [0.15, 0.2) is 0 Å². The van der Waals surface area contributed by atoms with Crippen molar-refractivity contribution >= 4 is 5.97 Å². The summed E-state index contributed by atoms with van der Waals surface area (Å²) in [7, 11) is 1.29. The Morgan fingerprint density at radius 3 is 2.93 bits per heavy atom. The summed E-state index contributed by atoms with van der Waals surface area (Å²) in [5.74, 6) is 1.51. The number of benzene rings is 1. The summed E-state index contributed by atoms with van der Waals surface area (Å²) in [6.45, 7) is 0. The minimum atomic E-state index is -0.411. The monoisotopic (exact) mass is 192 g/mol. The number of esters is 1. The second-order valence-electron chi connectivity index (χ2n) is 2.70. The normalized spacial score (nSPS) is 9.21. The highest BCUT2D eigenvalue weighted by Crippen LogP contribution is 2.11. The van der Waals surface area contributed by atoms with Crippen LogP contribution in [0.2, 0.25) is 0 Å². The third-order valence-corrected chi connectivity index (χ3v) is 1.79. The molecule has 0 saturated carbocycles. The minimum absolute atomic E-state index is 0.0658. The maximum Gasteiger partial charge on any atom is 0.310 e. The van der Waals surface area contributed by atoms with E-state index in [-0.39, 0.29) is 6.42 Å². The van der Waals surface area contributed by atoms with Gasteiger partial charge in [-0.1, -0.05) is 12.0 Å². The van der Waals surface area contributed by atoms with Crippen LogP contribution in [0, 0.1) is 18.2 Å². The molecule has 0 N–H and O–H groups in total. The number of carbonyl (C=O) groups excluding carboxylic acids is 1. The molecular weight excluding hydrogens is 183 g/mol. The molecule has 1 rings (SSSR count). The lowest BCUT2D eigenvalue weighted by Gasteiger charge is -2.03. The van der Waals surface area contributed by atoms with Gasteiger partial charge in [-0.2, -0.15) is 0 Å². The van der Waals surface area contributed by atoms with Crippen LogP contribution in [0.25, 0.3) is 0 Å². The third-order valence-electron chi connectivity index (χ3n) is 1.79. The Morgan fingerprint density at radius 1 is 1.64 bits per heavy atom. The fourth-order valence-corrected chi connectivity index (χ4v) is 1.06. The van der Waals surface area contributed by atoms with Gasteiger partial charge in [0.1, 0.15) is 5.82 Å². The van der Waals surface area contributed by atoms with Crippen LogP contribution in [0.5, 0.6) is 0 Å². The molecule has 0 aliphatic rings. The zero-order chi connectivity index (χ0) is 10.6. The first-order valence-corrected chi connectivity index (χ1v) is 3.99. The fraction of sp³-hybridized carbons (Fsp3) is 0.182. The molecule has 0 aromatic heterocycles. The van der Waals surface area contributed by atoms with Gasteiger partial charge in [-0.05, 0) is 17.7 Å². The number of terminal acetylenes is 1. The van der Waals surface area contributed by atoms with E-state index in [4.69, 9.17) is 6.42 Å². The highest BCUT2D eigenvalue weighted by Gasteiger charge is 2.07. The molecule has 0 heterocycles. The molecule has 1 aromatic rings. The van der Waals surface area contributed by atoms with Crippen LogP contribution in [0.4, 0.5) is 4.39 Å². The SMILES string of the molecule is C#Cc1cc(F)ccc1CC(=O)OC. The Balaban J connectivity index is 2.98. The van der Waals surface area contributed by atoms with Gasteiger partial charge < -0.3 is 4.74 Å². The molecule has 2 nitrogen and oxygen atoms in total. The average molecular weight is 192 g/mol. The van der Waals surface area contributed by atoms with Crippen LogP contribution < -0.4 is 0 Å². The van der Waals surface area contributed by atoms with Crippen molar-refractivity contribution in [2.75, 3.05) is 7.11 Å². The van der Waals surface area contributed by atoms with Crippen LogP contribution in [-0.4, -0.2) is 13.1 Å². The predicted octanol–water partition coefficient (Wildman–Crippen LogP) is 1.52. The number of rotatable bonds is 2. The quantitative estimate of drug-likeness (QED) is 0.524. The Morgan fingerprint density at radius 2 is 2.36 bits per heavy atom. The molecule has 0 unspecified atom stereocenters. The van der Waals surface area contributed by atoms with E-state index >= 15 is 0 Å². The van der Waals surface area contributed by atoms with Gasteiger partial charge in [-0.3, -0.25) is 4.79 Å². The number of methoxy groups -OCH3 is 1. The highest BCUT2D eigenvalue weighted by molar-refractivity contribution is 5.73. The standard InChI is InChI=1S/C11H9FO2/c1-3-8-6-10(12)5-4-9(8)7-11(13)14-2/h1,4-6H,7H2,2H3. The maximum atomic E-state index is 12.7. The number of hydrogen-bond acceptors (Lipinski definition) is 2. The molecule has 1 aromatic carbocycles. The van der Waals surface area contributed by atoms with Crippen molar-refractivity contribution in [1.82, 2.24) is 0 Å². The fourth-order valence-electron chi connectivity index (χ4n) is 1.06. The van der Waals surface area contributed by atoms with Gasteiger partial charge in [0.05, 0.1) is 13.5 Å². The van der Waals surface area contributed by atoms with Crippen LogP contribution in [0.1, 0.15) is 11.1 Å². The van der Waals surface area contributed by atoms with Gasteiger partial charge in [0.2, 0.25) is 0 Å². The highest BCUT2D eigenvalue weighted by atomic mass is 19.1. The molecule has 0 aliphatic heterocycles. The smallest absolute Gasteiger partial charge is 0.310 e. The van der Waals surface area contributed by atoms with E-state index in [0.29, 0.717) is 11.1 Å². The number of halogens is 1. The summed E-state index contributed by atoms with van der Waals surface area (Å²) >= 11 is 0. The lowest BCUT2D eigenvalue weighted by atomic mass is 10.1. The zero-order valence-electron chi connectivity index (χ0n) is 7.71. The number of hydrogen-bond donors (Lipinski definition) is 0. The van der Waals surface area contributed by atoms with Crippen molar-refractivity contribution in [3.8, 4) is 12.3 Å². The summed E-state index contributed by atoms with van der Waals surface area (Å²) in [5, 5.41) is 0. The summed E-state index contributed by atoms with van der Waals surface area (Å²) in [6.07, 6.45) is 5.23. The van der Waals surface area contributed by atoms with E-state index in [1.807, 2.05) is 0 Å². The summed E-state index contributed by atoms with van der Waals surface area (Å²) in [4.78, 5) is 10.9. The minimum Gasteiger partial charge on any atom is -0.469 e. The second kappa shape index (κ2) is 4.43. The van der Waals surface area contributed by atoms with Gasteiger partial charge in [-0.15, -0.1) is 6.42 Å². The van der Waals surface area contributed by atoms with Crippen molar-refractivity contribution in [2.45, 2.75) is 6.42 Å². The van der Waals surface area contributed by atoms with Gasteiger partial charge in [0.25, 0.3) is 0 Å². The third kappa shape index (κ3) is 2.33. The topological polar surface area (TPSA) is 26.3 Å². The molecule has 0 amide bonds. The summed E-state index contributed by atoms with van der Waals surface area (Å²) in [5.41, 5.74) is 0.983. The summed E-state index contributed by atoms with van der Waals surface area (Å²) < 4.78 is 17.2. The second-order valence-corrected chi connectivity index (χ2v) is 2.70. The molecule has 72 valence electrons. The first kappa shape index (κ1) is 10.3. The molecule has 0 atom stereocenters. The summed E-state index contributed by atoms with van der Waals surface area (Å²) in [6, 6.07) is 3.97. The average Bonchev–Trinajstić information content (AvgIpc) is 2.20. The Labute approximate surface area is 81.7 Å². The predicted molar refractivity (Wildman–Crippen MR) is 50.1 cm³/mol.